The van der Waals surface area contributed by atoms with Crippen LogP contribution >= 0.6 is 48.0 Å². The monoisotopic (exact) mass is 512 g/mol. The Labute approximate surface area is 217 Å². The quantitative estimate of drug-likeness (QED) is 0.260. The van der Waals surface area contributed by atoms with Gasteiger partial charge in [0.2, 0.25) is 0 Å². The van der Waals surface area contributed by atoms with Gasteiger partial charge in [0.15, 0.2) is 0 Å². The van der Waals surface area contributed by atoms with E-state index in [0.717, 1.165) is 46.3 Å². The zero-order chi connectivity index (χ0) is 24.3. The second kappa shape index (κ2) is 15.6. The van der Waals surface area contributed by atoms with E-state index in [0.29, 0.717) is 23.7 Å². The lowest BCUT2D eigenvalue weighted by atomic mass is 10.1. The number of benzene rings is 1. The number of thioether (sulfide) groups is 2. The van der Waals surface area contributed by atoms with Crippen LogP contribution in [0.4, 0.5) is 0 Å². The molecule has 0 saturated heterocycles. The van der Waals surface area contributed by atoms with E-state index in [1.807, 2.05) is 0 Å². The van der Waals surface area contributed by atoms with Gasteiger partial charge in [-0.1, -0.05) is 128 Å². The summed E-state index contributed by atoms with van der Waals surface area (Å²) in [7, 11) is 0. The van der Waals surface area contributed by atoms with Crippen molar-refractivity contribution in [3.8, 4) is 0 Å². The highest BCUT2D eigenvalue weighted by Crippen LogP contribution is 2.25. The van der Waals surface area contributed by atoms with Crippen molar-refractivity contribution in [2.45, 2.75) is 66.9 Å². The molecule has 1 aromatic rings. The predicted octanol–water partition coefficient (Wildman–Crippen LogP) is 7.95. The number of hydrogen-bond donors (Lipinski definition) is 0. The Morgan fingerprint density at radius 1 is 0.625 bits per heavy atom. The van der Waals surface area contributed by atoms with Crippen molar-refractivity contribution in [2.75, 3.05) is 26.2 Å². The summed E-state index contributed by atoms with van der Waals surface area (Å²) >= 11 is 15.3. The van der Waals surface area contributed by atoms with Gasteiger partial charge in [0.1, 0.15) is 8.64 Å². The summed E-state index contributed by atoms with van der Waals surface area (Å²) in [4.78, 5) is 4.77. The third kappa shape index (κ3) is 12.2. The zero-order valence-electron chi connectivity index (χ0n) is 21.4. The molecule has 0 aliphatic rings. The maximum Gasteiger partial charge on any atom is 0.136 e. The summed E-state index contributed by atoms with van der Waals surface area (Å²) in [6.45, 7) is 22.2. The molecule has 32 heavy (non-hydrogen) atoms. The van der Waals surface area contributed by atoms with Crippen LogP contribution in [0.15, 0.2) is 24.3 Å². The average Bonchev–Trinajstić information content (AvgIpc) is 2.68. The largest absolute Gasteiger partial charge is 0.357 e. The Balaban J connectivity index is 2.76. The Morgan fingerprint density at radius 3 is 1.16 bits per heavy atom. The minimum absolute atomic E-state index is 0.608. The molecular weight excluding hydrogens is 469 g/mol. The van der Waals surface area contributed by atoms with Gasteiger partial charge in [-0.2, -0.15) is 0 Å². The third-order valence-corrected chi connectivity index (χ3v) is 7.82. The summed E-state index contributed by atoms with van der Waals surface area (Å²) in [5.41, 5.74) is 2.73. The van der Waals surface area contributed by atoms with E-state index < -0.39 is 0 Å². The molecule has 2 nitrogen and oxygen atoms in total. The normalized spacial score (nSPS) is 11.6. The van der Waals surface area contributed by atoms with E-state index >= 15 is 0 Å². The van der Waals surface area contributed by atoms with Crippen LogP contribution < -0.4 is 0 Å². The summed E-state index contributed by atoms with van der Waals surface area (Å²) < 4.78 is 2.04. The van der Waals surface area contributed by atoms with Crippen LogP contribution in [-0.4, -0.2) is 44.6 Å². The molecule has 182 valence electrons. The highest BCUT2D eigenvalue weighted by Gasteiger charge is 2.16. The maximum absolute atomic E-state index is 5.83. The maximum atomic E-state index is 5.83. The number of thiocarbonyl (C=S) groups is 2. The highest BCUT2D eigenvalue weighted by atomic mass is 32.2. The van der Waals surface area contributed by atoms with Crippen LogP contribution in [0, 0.1) is 23.7 Å². The molecule has 0 atom stereocenters. The highest BCUT2D eigenvalue weighted by molar-refractivity contribution is 8.22. The van der Waals surface area contributed by atoms with Crippen LogP contribution in [-0.2, 0) is 11.5 Å². The first-order chi connectivity index (χ1) is 15.0. The molecule has 0 fully saturated rings. The summed E-state index contributed by atoms with van der Waals surface area (Å²) in [5.74, 6) is 4.26. The van der Waals surface area contributed by atoms with Crippen LogP contribution in [0.1, 0.15) is 66.5 Å². The Kier molecular flexibility index (Phi) is 14.5. The lowest BCUT2D eigenvalue weighted by Gasteiger charge is -2.29. The SMILES string of the molecule is CC(C)CN(CC(C)C)C(=S)SCc1ccccc1CSC(=S)N(CC(C)C)CC(C)C. The van der Waals surface area contributed by atoms with Gasteiger partial charge >= 0.3 is 0 Å². The van der Waals surface area contributed by atoms with Gasteiger partial charge in [0.25, 0.3) is 0 Å². The van der Waals surface area contributed by atoms with Crippen molar-refractivity contribution in [3.05, 3.63) is 35.4 Å². The van der Waals surface area contributed by atoms with E-state index in [1.165, 1.54) is 11.1 Å². The molecule has 0 radical (unpaired) electrons. The fourth-order valence-corrected chi connectivity index (χ4v) is 5.95. The molecule has 0 unspecified atom stereocenters. The van der Waals surface area contributed by atoms with Gasteiger partial charge < -0.3 is 9.80 Å². The second-order valence-electron chi connectivity index (χ2n) is 10.3. The third-order valence-electron chi connectivity index (χ3n) is 4.68. The van der Waals surface area contributed by atoms with E-state index in [4.69, 9.17) is 24.4 Å². The fraction of sp³-hybridized carbons (Fsp3) is 0.692. The van der Waals surface area contributed by atoms with Crippen LogP contribution in [0.5, 0.6) is 0 Å². The number of nitrogens with zero attached hydrogens (tertiary/aromatic N) is 2. The minimum atomic E-state index is 0.608. The lowest BCUT2D eigenvalue weighted by molar-refractivity contribution is 0.337. The van der Waals surface area contributed by atoms with Crippen molar-refractivity contribution in [3.63, 3.8) is 0 Å². The van der Waals surface area contributed by atoms with Gasteiger partial charge in [-0.25, -0.2) is 0 Å². The van der Waals surface area contributed by atoms with Gasteiger partial charge in [-0.3, -0.25) is 0 Å². The molecule has 0 aliphatic heterocycles. The molecule has 0 N–H and O–H groups in total. The van der Waals surface area contributed by atoms with E-state index in [-0.39, 0.29) is 0 Å². The first-order valence-electron chi connectivity index (χ1n) is 11.9. The van der Waals surface area contributed by atoms with Gasteiger partial charge in [-0.15, -0.1) is 0 Å². The first kappa shape index (κ1) is 29.7. The molecule has 0 bridgehead atoms. The summed E-state index contributed by atoms with van der Waals surface area (Å²) in [6.07, 6.45) is 0. The van der Waals surface area contributed by atoms with Crippen molar-refractivity contribution in [2.24, 2.45) is 23.7 Å². The van der Waals surface area contributed by atoms with Gasteiger partial charge in [0, 0.05) is 37.7 Å². The molecule has 6 heteroatoms. The molecule has 0 aliphatic carbocycles. The van der Waals surface area contributed by atoms with Crippen molar-refractivity contribution in [1.82, 2.24) is 9.80 Å². The van der Waals surface area contributed by atoms with Crippen LogP contribution in [0.3, 0.4) is 0 Å². The number of rotatable bonds is 12. The fourth-order valence-electron chi connectivity index (χ4n) is 3.51. The molecule has 0 heterocycles. The second-order valence-corrected chi connectivity index (χ2v) is 13.5. The molecule has 0 spiro atoms. The van der Waals surface area contributed by atoms with E-state index in [1.54, 1.807) is 23.5 Å². The zero-order valence-corrected chi connectivity index (χ0v) is 24.7. The van der Waals surface area contributed by atoms with E-state index in [2.05, 4.69) is 89.5 Å². The predicted molar refractivity (Wildman–Crippen MR) is 157 cm³/mol. The Hall–Kier alpha value is -0.300. The number of hydrogen-bond acceptors (Lipinski definition) is 4. The minimum Gasteiger partial charge on any atom is -0.357 e. The smallest absolute Gasteiger partial charge is 0.136 e. The lowest BCUT2D eigenvalue weighted by Crippen LogP contribution is -2.34. The molecule has 1 aromatic carbocycles. The van der Waals surface area contributed by atoms with Gasteiger partial charge in [0.05, 0.1) is 0 Å². The summed E-state index contributed by atoms with van der Waals surface area (Å²) in [6, 6.07) is 8.75. The topological polar surface area (TPSA) is 6.48 Å². The van der Waals surface area contributed by atoms with Crippen molar-refractivity contribution in [1.29, 1.82) is 0 Å². The van der Waals surface area contributed by atoms with Crippen molar-refractivity contribution < 1.29 is 0 Å². The molecule has 0 amide bonds. The molecule has 0 saturated carbocycles. The molecular formula is C26H44N2S4. The standard InChI is InChI=1S/C26H44N2S4/c1-19(2)13-27(14-20(3)4)25(29)31-17-23-11-9-10-12-24(23)18-32-26(30)28(15-21(5)6)16-22(7)8/h9-12,19-22H,13-18H2,1-8H3. The van der Waals surface area contributed by atoms with Gasteiger partial charge in [-0.05, 0) is 34.8 Å². The van der Waals surface area contributed by atoms with Crippen LogP contribution in [0.25, 0.3) is 0 Å². The average molecular weight is 513 g/mol. The Morgan fingerprint density at radius 2 is 0.906 bits per heavy atom. The molecule has 0 aromatic heterocycles. The Bertz CT molecular complexity index is 622. The first-order valence-corrected chi connectivity index (χ1v) is 14.7. The van der Waals surface area contributed by atoms with E-state index in [9.17, 15) is 0 Å². The van der Waals surface area contributed by atoms with Crippen molar-refractivity contribution >= 4 is 56.6 Å². The molecule has 1 rings (SSSR count). The van der Waals surface area contributed by atoms with Crippen LogP contribution in [0.2, 0.25) is 0 Å². The summed E-state index contributed by atoms with van der Waals surface area (Å²) in [5, 5.41) is 0.